The van der Waals surface area contributed by atoms with Gasteiger partial charge in [0, 0.05) is 24.0 Å². The molecule has 1 atom stereocenters. The molecule has 0 aliphatic heterocycles. The third-order valence-electron chi connectivity index (χ3n) is 5.93. The van der Waals surface area contributed by atoms with Crippen LogP contribution in [-0.2, 0) is 6.42 Å². The molecule has 6 nitrogen and oxygen atoms in total. The van der Waals surface area contributed by atoms with Crippen molar-refractivity contribution >= 4 is 11.7 Å². The normalized spacial score (nSPS) is 14.7. The average Bonchev–Trinajstić information content (AvgIpc) is 3.31. The SMILES string of the molecule is COc1ccc([C@H](Cc2ccncc2)c2cccc(NC(N)=O)c2)cc1OC1CCCC1. The molecule has 0 unspecified atom stereocenters. The zero-order valence-electron chi connectivity index (χ0n) is 18.3. The summed E-state index contributed by atoms with van der Waals surface area (Å²) in [5.41, 5.74) is 9.36. The van der Waals surface area contributed by atoms with Gasteiger partial charge in [0.1, 0.15) is 0 Å². The molecule has 1 saturated carbocycles. The van der Waals surface area contributed by atoms with Crippen LogP contribution in [0.25, 0.3) is 0 Å². The maximum Gasteiger partial charge on any atom is 0.316 e. The third kappa shape index (κ3) is 5.38. The minimum atomic E-state index is -0.579. The zero-order chi connectivity index (χ0) is 22.3. The maximum atomic E-state index is 11.4. The van der Waals surface area contributed by atoms with Gasteiger partial charge in [-0.1, -0.05) is 18.2 Å². The lowest BCUT2D eigenvalue weighted by atomic mass is 9.85. The molecular weight excluding hydrogens is 402 g/mol. The fourth-order valence-corrected chi connectivity index (χ4v) is 4.35. The van der Waals surface area contributed by atoms with Crippen molar-refractivity contribution < 1.29 is 14.3 Å². The van der Waals surface area contributed by atoms with Gasteiger partial charge in [-0.25, -0.2) is 4.79 Å². The number of methoxy groups -OCH3 is 1. The van der Waals surface area contributed by atoms with Gasteiger partial charge in [-0.3, -0.25) is 4.98 Å². The Hall–Kier alpha value is -3.54. The molecule has 1 heterocycles. The van der Waals surface area contributed by atoms with E-state index in [4.69, 9.17) is 15.2 Å². The molecule has 4 rings (SSSR count). The number of carbonyl (C=O) groups is 1. The van der Waals surface area contributed by atoms with E-state index in [0.29, 0.717) is 5.69 Å². The van der Waals surface area contributed by atoms with Crippen LogP contribution in [-0.4, -0.2) is 24.2 Å². The second-order valence-corrected chi connectivity index (χ2v) is 8.16. The van der Waals surface area contributed by atoms with Crippen LogP contribution in [0.3, 0.4) is 0 Å². The number of hydrogen-bond donors (Lipinski definition) is 2. The lowest BCUT2D eigenvalue weighted by Crippen LogP contribution is -2.19. The summed E-state index contributed by atoms with van der Waals surface area (Å²) in [6.45, 7) is 0. The van der Waals surface area contributed by atoms with Crippen molar-refractivity contribution in [3.8, 4) is 11.5 Å². The molecule has 0 spiro atoms. The van der Waals surface area contributed by atoms with Gasteiger partial charge in [-0.15, -0.1) is 0 Å². The molecule has 3 N–H and O–H groups in total. The topological polar surface area (TPSA) is 86.5 Å². The van der Waals surface area contributed by atoms with Gasteiger partial charge in [-0.2, -0.15) is 0 Å². The van der Waals surface area contributed by atoms with Crippen molar-refractivity contribution in [2.24, 2.45) is 5.73 Å². The molecule has 1 aliphatic carbocycles. The second kappa shape index (κ2) is 10.2. The standard InChI is InChI=1S/C26H29N3O3/c1-31-24-10-9-20(17-25(24)32-22-7-2-3-8-22)23(15-18-11-13-28-14-12-18)19-5-4-6-21(16-19)29-26(27)30/h4-6,9-14,16-17,22-23H,2-3,7-8,15H2,1H3,(H3,27,29,30)/t23-/m1/s1. The minimum Gasteiger partial charge on any atom is -0.493 e. The first-order valence-electron chi connectivity index (χ1n) is 11.0. The van der Waals surface area contributed by atoms with Crippen molar-refractivity contribution in [3.05, 3.63) is 83.7 Å². The molecule has 0 bridgehead atoms. The second-order valence-electron chi connectivity index (χ2n) is 8.16. The van der Waals surface area contributed by atoms with E-state index in [-0.39, 0.29) is 12.0 Å². The number of aromatic nitrogens is 1. The van der Waals surface area contributed by atoms with E-state index in [1.165, 1.54) is 18.4 Å². The largest absolute Gasteiger partial charge is 0.493 e. The summed E-state index contributed by atoms with van der Waals surface area (Å²) >= 11 is 0. The Labute approximate surface area is 188 Å². The number of anilines is 1. The Kier molecular flexibility index (Phi) is 6.90. The van der Waals surface area contributed by atoms with Crippen molar-refractivity contribution in [3.63, 3.8) is 0 Å². The monoisotopic (exact) mass is 431 g/mol. The molecule has 32 heavy (non-hydrogen) atoms. The van der Waals surface area contributed by atoms with E-state index < -0.39 is 6.03 Å². The van der Waals surface area contributed by atoms with E-state index in [1.54, 1.807) is 19.5 Å². The van der Waals surface area contributed by atoms with Gasteiger partial charge in [-0.05, 0) is 85.2 Å². The summed E-state index contributed by atoms with van der Waals surface area (Å²) in [5, 5.41) is 2.68. The molecule has 1 aromatic heterocycles. The Morgan fingerprint density at radius 2 is 1.81 bits per heavy atom. The molecule has 166 valence electrons. The highest BCUT2D eigenvalue weighted by Crippen LogP contribution is 2.37. The van der Waals surface area contributed by atoms with Crippen LogP contribution in [0.2, 0.25) is 0 Å². The van der Waals surface area contributed by atoms with Gasteiger partial charge >= 0.3 is 6.03 Å². The fraction of sp³-hybridized carbons (Fsp3) is 0.308. The molecule has 2 amide bonds. The van der Waals surface area contributed by atoms with E-state index in [1.807, 2.05) is 36.4 Å². The van der Waals surface area contributed by atoms with E-state index in [0.717, 1.165) is 41.9 Å². The van der Waals surface area contributed by atoms with E-state index in [9.17, 15) is 4.79 Å². The molecule has 6 heteroatoms. The number of ether oxygens (including phenoxy) is 2. The van der Waals surface area contributed by atoms with Crippen LogP contribution in [0.15, 0.2) is 67.0 Å². The van der Waals surface area contributed by atoms with Crippen LogP contribution in [0.1, 0.15) is 48.3 Å². The highest BCUT2D eigenvalue weighted by Gasteiger charge is 2.22. The highest BCUT2D eigenvalue weighted by molar-refractivity contribution is 5.87. The Morgan fingerprint density at radius 3 is 2.53 bits per heavy atom. The minimum absolute atomic E-state index is 0.0452. The fourth-order valence-electron chi connectivity index (χ4n) is 4.35. The number of urea groups is 1. The molecule has 2 aromatic carbocycles. The van der Waals surface area contributed by atoms with Crippen LogP contribution in [0, 0.1) is 0 Å². The summed E-state index contributed by atoms with van der Waals surface area (Å²) in [4.78, 5) is 15.5. The molecule has 3 aromatic rings. The predicted molar refractivity (Wildman–Crippen MR) is 125 cm³/mol. The smallest absolute Gasteiger partial charge is 0.316 e. The first kappa shape index (κ1) is 21.7. The van der Waals surface area contributed by atoms with E-state index >= 15 is 0 Å². The van der Waals surface area contributed by atoms with Crippen LogP contribution in [0.4, 0.5) is 10.5 Å². The Balaban J connectivity index is 1.71. The predicted octanol–water partition coefficient (Wildman–Crippen LogP) is 5.28. The number of nitrogens with zero attached hydrogens (tertiary/aromatic N) is 1. The summed E-state index contributed by atoms with van der Waals surface area (Å²) in [6.07, 6.45) is 9.19. The first-order chi connectivity index (χ1) is 15.6. The lowest BCUT2D eigenvalue weighted by Gasteiger charge is -2.22. The number of carbonyl (C=O) groups excluding carboxylic acids is 1. The molecule has 1 aliphatic rings. The number of pyridine rings is 1. The van der Waals surface area contributed by atoms with Crippen LogP contribution < -0.4 is 20.5 Å². The van der Waals surface area contributed by atoms with Crippen LogP contribution in [0.5, 0.6) is 11.5 Å². The summed E-state index contributed by atoms with van der Waals surface area (Å²) in [5.74, 6) is 1.57. The summed E-state index contributed by atoms with van der Waals surface area (Å²) in [7, 11) is 1.67. The van der Waals surface area contributed by atoms with Crippen molar-refractivity contribution in [1.82, 2.24) is 4.98 Å². The molecular formula is C26H29N3O3. The molecule has 0 saturated heterocycles. The van der Waals surface area contributed by atoms with Gasteiger partial charge in [0.05, 0.1) is 13.2 Å². The number of amides is 2. The quantitative estimate of drug-likeness (QED) is 0.508. The number of nitrogens with two attached hydrogens (primary N) is 1. The average molecular weight is 432 g/mol. The Bertz CT molecular complexity index is 1050. The maximum absolute atomic E-state index is 11.4. The number of nitrogens with one attached hydrogen (secondary N) is 1. The van der Waals surface area contributed by atoms with Crippen LogP contribution >= 0.6 is 0 Å². The summed E-state index contributed by atoms with van der Waals surface area (Å²) in [6, 6.07) is 17.4. The number of primary amides is 1. The Morgan fingerprint density at radius 1 is 1.06 bits per heavy atom. The number of benzene rings is 2. The van der Waals surface area contributed by atoms with E-state index in [2.05, 4.69) is 28.5 Å². The van der Waals surface area contributed by atoms with Crippen molar-refractivity contribution in [2.45, 2.75) is 44.1 Å². The number of hydrogen-bond acceptors (Lipinski definition) is 4. The van der Waals surface area contributed by atoms with Gasteiger partial charge in [0.15, 0.2) is 11.5 Å². The van der Waals surface area contributed by atoms with Gasteiger partial charge in [0.25, 0.3) is 0 Å². The lowest BCUT2D eigenvalue weighted by molar-refractivity contribution is 0.200. The number of rotatable bonds is 8. The van der Waals surface area contributed by atoms with Gasteiger partial charge < -0.3 is 20.5 Å². The molecule has 1 fully saturated rings. The van der Waals surface area contributed by atoms with Crippen molar-refractivity contribution in [1.29, 1.82) is 0 Å². The highest BCUT2D eigenvalue weighted by atomic mass is 16.5. The molecule has 0 radical (unpaired) electrons. The summed E-state index contributed by atoms with van der Waals surface area (Å²) < 4.78 is 11.9. The third-order valence-corrected chi connectivity index (χ3v) is 5.93. The zero-order valence-corrected chi connectivity index (χ0v) is 18.3. The van der Waals surface area contributed by atoms with Crippen molar-refractivity contribution in [2.75, 3.05) is 12.4 Å². The van der Waals surface area contributed by atoms with Gasteiger partial charge in [0.2, 0.25) is 0 Å². The first-order valence-corrected chi connectivity index (χ1v) is 11.0.